The van der Waals surface area contributed by atoms with Gasteiger partial charge in [0.1, 0.15) is 0 Å². The van der Waals surface area contributed by atoms with Gasteiger partial charge in [-0.3, -0.25) is 9.59 Å². The summed E-state index contributed by atoms with van der Waals surface area (Å²) in [7, 11) is 0. The smallest absolute Gasteiger partial charge is 0.242 e. The van der Waals surface area contributed by atoms with E-state index in [0.29, 0.717) is 13.0 Å². The van der Waals surface area contributed by atoms with E-state index in [2.05, 4.69) is 0 Å². The van der Waals surface area contributed by atoms with Crippen molar-refractivity contribution in [3.05, 3.63) is 0 Å². The number of hydrogen-bond donors (Lipinski definition) is 0. The van der Waals surface area contributed by atoms with Gasteiger partial charge in [0, 0.05) is 37.6 Å². The summed E-state index contributed by atoms with van der Waals surface area (Å²) in [6.07, 6.45) is 3.73. The van der Waals surface area contributed by atoms with Gasteiger partial charge >= 0.3 is 0 Å². The van der Waals surface area contributed by atoms with Crippen molar-refractivity contribution in [2.75, 3.05) is 37.7 Å². The highest BCUT2D eigenvalue weighted by atomic mass is 32.2. The highest BCUT2D eigenvalue weighted by Gasteiger charge is 2.23. The zero-order valence-corrected chi connectivity index (χ0v) is 11.0. The minimum absolute atomic E-state index is 0.126. The zero-order chi connectivity index (χ0) is 12.1. The van der Waals surface area contributed by atoms with Gasteiger partial charge < -0.3 is 9.80 Å². The van der Waals surface area contributed by atoms with Crippen LogP contribution in [0.25, 0.3) is 0 Å². The minimum Gasteiger partial charge on any atom is -0.340 e. The highest BCUT2D eigenvalue weighted by molar-refractivity contribution is 7.99. The number of thioether (sulfide) groups is 1. The summed E-state index contributed by atoms with van der Waals surface area (Å²) in [6, 6.07) is 0. The standard InChI is InChI=1S/C12H20N2O2S/c15-11-4-2-1-3-5-14(11)10-12(16)13-6-8-17-9-7-13/h1-10H2. The number of hydrogen-bond acceptors (Lipinski definition) is 3. The molecule has 2 aliphatic heterocycles. The average Bonchev–Trinajstić information content (AvgIpc) is 2.56. The van der Waals surface area contributed by atoms with Crippen molar-refractivity contribution >= 4 is 23.6 Å². The van der Waals surface area contributed by atoms with Gasteiger partial charge in [-0.2, -0.15) is 11.8 Å². The molecule has 0 bridgehead atoms. The monoisotopic (exact) mass is 256 g/mol. The zero-order valence-electron chi connectivity index (χ0n) is 10.2. The Kier molecular flexibility index (Phi) is 4.71. The molecule has 17 heavy (non-hydrogen) atoms. The average molecular weight is 256 g/mol. The summed E-state index contributed by atoms with van der Waals surface area (Å²) in [6.45, 7) is 2.73. The lowest BCUT2D eigenvalue weighted by atomic mass is 10.2. The molecular weight excluding hydrogens is 236 g/mol. The number of amides is 2. The first-order valence-corrected chi connectivity index (χ1v) is 7.56. The molecule has 0 aromatic rings. The molecule has 0 atom stereocenters. The van der Waals surface area contributed by atoms with E-state index in [1.54, 1.807) is 4.90 Å². The summed E-state index contributed by atoms with van der Waals surface area (Å²) in [5.74, 6) is 2.34. The number of rotatable bonds is 2. The molecule has 0 spiro atoms. The van der Waals surface area contributed by atoms with Crippen LogP contribution in [0.1, 0.15) is 25.7 Å². The Morgan fingerprint density at radius 2 is 1.88 bits per heavy atom. The van der Waals surface area contributed by atoms with Gasteiger partial charge in [0.2, 0.25) is 11.8 Å². The molecule has 2 fully saturated rings. The van der Waals surface area contributed by atoms with Crippen molar-refractivity contribution in [1.29, 1.82) is 0 Å². The van der Waals surface area contributed by atoms with Crippen molar-refractivity contribution in [3.8, 4) is 0 Å². The summed E-state index contributed by atoms with van der Waals surface area (Å²) in [5.41, 5.74) is 0. The lowest BCUT2D eigenvalue weighted by molar-refractivity contribution is -0.140. The van der Waals surface area contributed by atoms with E-state index in [4.69, 9.17) is 0 Å². The van der Waals surface area contributed by atoms with E-state index in [1.165, 1.54) is 0 Å². The number of likely N-dealkylation sites (tertiary alicyclic amines) is 1. The van der Waals surface area contributed by atoms with Crippen LogP contribution in [0.3, 0.4) is 0 Å². The quantitative estimate of drug-likeness (QED) is 0.739. The maximum atomic E-state index is 12.0. The second-order valence-corrected chi connectivity index (χ2v) is 5.84. The maximum absolute atomic E-state index is 12.0. The first-order valence-electron chi connectivity index (χ1n) is 6.40. The summed E-state index contributed by atoms with van der Waals surface area (Å²) in [5, 5.41) is 0. The largest absolute Gasteiger partial charge is 0.340 e. The molecule has 0 aliphatic carbocycles. The molecule has 2 aliphatic rings. The Labute approximate surface area is 107 Å². The molecule has 4 nitrogen and oxygen atoms in total. The molecule has 5 heteroatoms. The topological polar surface area (TPSA) is 40.6 Å². The predicted molar refractivity (Wildman–Crippen MR) is 69.0 cm³/mol. The van der Waals surface area contributed by atoms with Crippen LogP contribution in [0.2, 0.25) is 0 Å². The van der Waals surface area contributed by atoms with Crippen LogP contribution in [-0.4, -0.2) is 59.3 Å². The van der Waals surface area contributed by atoms with Crippen LogP contribution in [0, 0.1) is 0 Å². The van der Waals surface area contributed by atoms with Crippen LogP contribution >= 0.6 is 11.8 Å². The van der Waals surface area contributed by atoms with Gasteiger partial charge in [0.05, 0.1) is 6.54 Å². The van der Waals surface area contributed by atoms with Gasteiger partial charge in [0.25, 0.3) is 0 Å². The van der Waals surface area contributed by atoms with E-state index in [0.717, 1.165) is 50.4 Å². The number of nitrogens with zero attached hydrogens (tertiary/aromatic N) is 2. The summed E-state index contributed by atoms with van der Waals surface area (Å²) >= 11 is 1.89. The Hall–Kier alpha value is -0.710. The summed E-state index contributed by atoms with van der Waals surface area (Å²) < 4.78 is 0. The molecule has 2 saturated heterocycles. The van der Waals surface area contributed by atoms with E-state index in [-0.39, 0.29) is 11.8 Å². The Morgan fingerprint density at radius 3 is 2.65 bits per heavy atom. The van der Waals surface area contributed by atoms with Gasteiger partial charge in [-0.1, -0.05) is 6.42 Å². The van der Waals surface area contributed by atoms with Crippen molar-refractivity contribution in [3.63, 3.8) is 0 Å². The molecule has 96 valence electrons. The third-order valence-electron chi connectivity index (χ3n) is 3.36. The van der Waals surface area contributed by atoms with E-state index in [1.807, 2.05) is 16.7 Å². The van der Waals surface area contributed by atoms with Crippen molar-refractivity contribution < 1.29 is 9.59 Å². The number of carbonyl (C=O) groups is 2. The molecule has 2 heterocycles. The Morgan fingerprint density at radius 1 is 1.12 bits per heavy atom. The molecule has 0 aromatic heterocycles. The minimum atomic E-state index is 0.126. The molecule has 0 unspecified atom stereocenters. The van der Waals surface area contributed by atoms with Crippen LogP contribution in [0.15, 0.2) is 0 Å². The van der Waals surface area contributed by atoms with Crippen molar-refractivity contribution in [1.82, 2.24) is 9.80 Å². The fourth-order valence-corrected chi connectivity index (χ4v) is 3.18. The third-order valence-corrected chi connectivity index (χ3v) is 4.30. The predicted octanol–water partition coefficient (Wildman–Crippen LogP) is 0.964. The van der Waals surface area contributed by atoms with Crippen LogP contribution < -0.4 is 0 Å². The van der Waals surface area contributed by atoms with E-state index in [9.17, 15) is 9.59 Å². The molecule has 2 rings (SSSR count). The second-order valence-electron chi connectivity index (χ2n) is 4.62. The molecule has 0 radical (unpaired) electrons. The SMILES string of the molecule is O=C(CN1CCCCCC1=O)N1CCSCC1. The molecule has 0 aromatic carbocycles. The first kappa shape index (κ1) is 12.7. The van der Waals surface area contributed by atoms with Crippen LogP contribution in [-0.2, 0) is 9.59 Å². The lowest BCUT2D eigenvalue weighted by Crippen LogP contribution is -2.45. The summed E-state index contributed by atoms with van der Waals surface area (Å²) in [4.78, 5) is 27.5. The Balaban J connectivity index is 1.85. The lowest BCUT2D eigenvalue weighted by Gasteiger charge is -2.29. The van der Waals surface area contributed by atoms with Gasteiger partial charge in [-0.25, -0.2) is 0 Å². The third kappa shape index (κ3) is 3.63. The highest BCUT2D eigenvalue weighted by Crippen LogP contribution is 2.13. The van der Waals surface area contributed by atoms with Gasteiger partial charge in [-0.05, 0) is 12.8 Å². The van der Waals surface area contributed by atoms with Gasteiger partial charge in [-0.15, -0.1) is 0 Å². The van der Waals surface area contributed by atoms with E-state index < -0.39 is 0 Å². The van der Waals surface area contributed by atoms with E-state index >= 15 is 0 Å². The van der Waals surface area contributed by atoms with Gasteiger partial charge in [0.15, 0.2) is 0 Å². The van der Waals surface area contributed by atoms with Crippen molar-refractivity contribution in [2.45, 2.75) is 25.7 Å². The van der Waals surface area contributed by atoms with Crippen LogP contribution in [0.5, 0.6) is 0 Å². The Bertz CT molecular complexity index is 290. The molecule has 2 amide bonds. The second kappa shape index (κ2) is 6.28. The maximum Gasteiger partial charge on any atom is 0.242 e. The normalized spacial score (nSPS) is 22.5. The molecule has 0 N–H and O–H groups in total. The fraction of sp³-hybridized carbons (Fsp3) is 0.833. The molecular formula is C12H20N2O2S. The van der Waals surface area contributed by atoms with Crippen LogP contribution in [0.4, 0.5) is 0 Å². The number of carbonyl (C=O) groups excluding carboxylic acids is 2. The fourth-order valence-electron chi connectivity index (χ4n) is 2.28. The molecule has 0 saturated carbocycles. The van der Waals surface area contributed by atoms with Crippen molar-refractivity contribution in [2.24, 2.45) is 0 Å². The first-order chi connectivity index (χ1) is 8.27.